The summed E-state index contributed by atoms with van der Waals surface area (Å²) in [7, 11) is 0. The van der Waals surface area contributed by atoms with E-state index in [9.17, 15) is 14.4 Å². The Balaban J connectivity index is 1.25. The van der Waals surface area contributed by atoms with Crippen molar-refractivity contribution < 1.29 is 19.1 Å². The number of ether oxygens (including phenoxy) is 1. The molecule has 166 valence electrons. The summed E-state index contributed by atoms with van der Waals surface area (Å²) in [5.74, 6) is -0.929. The van der Waals surface area contributed by atoms with Gasteiger partial charge in [0, 0.05) is 10.1 Å². The number of hydrogen-bond acceptors (Lipinski definition) is 7. The monoisotopic (exact) mass is 497 g/mol. The molecule has 7 nitrogen and oxygen atoms in total. The Kier molecular flexibility index (Phi) is 7.13. The van der Waals surface area contributed by atoms with Gasteiger partial charge in [-0.2, -0.15) is 5.10 Å². The highest BCUT2D eigenvalue weighted by molar-refractivity contribution is 7.21. The normalized spacial score (nSPS) is 10.9. The molecule has 33 heavy (non-hydrogen) atoms. The van der Waals surface area contributed by atoms with Crippen LogP contribution in [-0.4, -0.2) is 30.5 Å². The molecule has 0 aliphatic heterocycles. The summed E-state index contributed by atoms with van der Waals surface area (Å²) in [6.45, 7) is -0.252. The summed E-state index contributed by atoms with van der Waals surface area (Å²) in [6, 6.07) is 17.5. The van der Waals surface area contributed by atoms with Crippen molar-refractivity contribution in [2.24, 2.45) is 5.10 Å². The molecule has 0 aliphatic carbocycles. The fourth-order valence-corrected chi connectivity index (χ4v) is 4.83. The average Bonchev–Trinajstić information content (AvgIpc) is 3.48. The van der Waals surface area contributed by atoms with Crippen LogP contribution in [0.25, 0.3) is 10.1 Å². The quantitative estimate of drug-likeness (QED) is 0.167. The molecule has 0 unspecified atom stereocenters. The van der Waals surface area contributed by atoms with Crippen LogP contribution < -0.4 is 15.5 Å². The lowest BCUT2D eigenvalue weighted by Gasteiger charge is -2.04. The summed E-state index contributed by atoms with van der Waals surface area (Å²) < 4.78 is 6.18. The lowest BCUT2D eigenvalue weighted by molar-refractivity contribution is -0.120. The topological polar surface area (TPSA) is 96.9 Å². The highest BCUT2D eigenvalue weighted by Gasteiger charge is 2.17. The standard InChI is InChI=1S/C23H16ClN3O4S2/c24-20-16-4-1-2-5-17(16)33-21(20)22(29)25-13-19(28)27-26-12-14-7-9-15(10-8-14)31-23(30)18-6-3-11-32-18/h1-12H,13H2,(H,25,29)(H,27,28)/b26-12+. The van der Waals surface area contributed by atoms with Gasteiger partial charge in [0.05, 0.1) is 17.8 Å². The molecule has 0 atom stereocenters. The van der Waals surface area contributed by atoms with E-state index in [1.807, 2.05) is 24.3 Å². The van der Waals surface area contributed by atoms with E-state index in [-0.39, 0.29) is 6.54 Å². The summed E-state index contributed by atoms with van der Waals surface area (Å²) in [5.41, 5.74) is 3.03. The molecule has 0 spiro atoms. The minimum absolute atomic E-state index is 0.252. The number of esters is 1. The van der Waals surface area contributed by atoms with Gasteiger partial charge in [-0.05, 0) is 47.3 Å². The SMILES string of the molecule is O=C(CNC(=O)c1sc2ccccc2c1Cl)N/N=C/c1ccc(OC(=O)c2cccs2)cc1. The number of hydrogen-bond donors (Lipinski definition) is 2. The number of hydrazone groups is 1. The predicted molar refractivity (Wildman–Crippen MR) is 131 cm³/mol. The van der Waals surface area contributed by atoms with Crippen molar-refractivity contribution in [3.8, 4) is 5.75 Å². The van der Waals surface area contributed by atoms with Crippen LogP contribution in [0, 0.1) is 0 Å². The number of rotatable bonds is 7. The molecule has 10 heteroatoms. The van der Waals surface area contributed by atoms with Crippen LogP contribution in [-0.2, 0) is 4.79 Å². The van der Waals surface area contributed by atoms with E-state index in [0.29, 0.717) is 26.1 Å². The van der Waals surface area contributed by atoms with Gasteiger partial charge < -0.3 is 10.1 Å². The Bertz CT molecular complexity index is 1330. The van der Waals surface area contributed by atoms with E-state index in [1.54, 1.807) is 41.8 Å². The smallest absolute Gasteiger partial charge is 0.353 e. The molecule has 0 bridgehead atoms. The number of carbonyl (C=O) groups excluding carboxylic acids is 3. The van der Waals surface area contributed by atoms with E-state index in [2.05, 4.69) is 15.8 Å². The Morgan fingerprint density at radius 1 is 1.03 bits per heavy atom. The maximum absolute atomic E-state index is 12.4. The van der Waals surface area contributed by atoms with Crippen molar-refractivity contribution in [1.82, 2.24) is 10.7 Å². The number of thiophene rings is 2. The Labute approximate surface area is 201 Å². The van der Waals surface area contributed by atoms with Gasteiger partial charge >= 0.3 is 5.97 Å². The molecular weight excluding hydrogens is 482 g/mol. The summed E-state index contributed by atoms with van der Waals surface area (Å²) in [6.07, 6.45) is 1.44. The zero-order valence-corrected chi connectivity index (χ0v) is 19.3. The molecule has 0 fully saturated rings. The zero-order valence-electron chi connectivity index (χ0n) is 16.9. The molecule has 2 N–H and O–H groups in total. The Morgan fingerprint density at radius 3 is 2.55 bits per heavy atom. The highest BCUT2D eigenvalue weighted by atomic mass is 35.5. The number of nitrogens with zero attached hydrogens (tertiary/aromatic N) is 1. The van der Waals surface area contributed by atoms with Crippen molar-refractivity contribution in [3.63, 3.8) is 0 Å². The van der Waals surface area contributed by atoms with E-state index in [4.69, 9.17) is 16.3 Å². The van der Waals surface area contributed by atoms with Crippen LogP contribution in [0.2, 0.25) is 5.02 Å². The van der Waals surface area contributed by atoms with Crippen LogP contribution in [0.15, 0.2) is 71.1 Å². The number of fused-ring (bicyclic) bond motifs is 1. The Morgan fingerprint density at radius 2 is 1.82 bits per heavy atom. The third-order valence-corrected chi connectivity index (χ3v) is 6.89. The number of amides is 2. The van der Waals surface area contributed by atoms with Crippen molar-refractivity contribution in [3.05, 3.63) is 86.4 Å². The van der Waals surface area contributed by atoms with Gasteiger partial charge in [-0.3, -0.25) is 9.59 Å². The van der Waals surface area contributed by atoms with Gasteiger partial charge in [0.1, 0.15) is 15.5 Å². The molecule has 2 aromatic heterocycles. The van der Waals surface area contributed by atoms with Gasteiger partial charge in [0.15, 0.2) is 0 Å². The summed E-state index contributed by atoms with van der Waals surface area (Å²) >= 11 is 8.85. The van der Waals surface area contributed by atoms with Crippen LogP contribution in [0.4, 0.5) is 0 Å². The van der Waals surface area contributed by atoms with Crippen LogP contribution in [0.3, 0.4) is 0 Å². The number of benzene rings is 2. The minimum atomic E-state index is -0.488. The third kappa shape index (κ3) is 5.64. The van der Waals surface area contributed by atoms with Crippen molar-refractivity contribution in [2.45, 2.75) is 0 Å². The van der Waals surface area contributed by atoms with Crippen LogP contribution in [0.1, 0.15) is 24.9 Å². The molecule has 2 amide bonds. The van der Waals surface area contributed by atoms with Gasteiger partial charge in [-0.15, -0.1) is 22.7 Å². The van der Waals surface area contributed by atoms with E-state index < -0.39 is 17.8 Å². The van der Waals surface area contributed by atoms with Gasteiger partial charge in [0.2, 0.25) is 0 Å². The lowest BCUT2D eigenvalue weighted by Crippen LogP contribution is -2.34. The second kappa shape index (κ2) is 10.4. The zero-order chi connectivity index (χ0) is 23.2. The second-order valence-electron chi connectivity index (χ2n) is 6.65. The maximum atomic E-state index is 12.4. The molecule has 0 saturated heterocycles. The highest BCUT2D eigenvalue weighted by Crippen LogP contribution is 2.34. The molecule has 4 aromatic rings. The first-order valence-corrected chi connectivity index (χ1v) is 11.7. The number of carbonyl (C=O) groups is 3. The molecule has 4 rings (SSSR count). The van der Waals surface area contributed by atoms with Crippen LogP contribution in [0.5, 0.6) is 5.75 Å². The molecule has 2 heterocycles. The fourth-order valence-electron chi connectivity index (χ4n) is 2.79. The molecule has 0 aliphatic rings. The first-order chi connectivity index (χ1) is 16.0. The van der Waals surface area contributed by atoms with Gasteiger partial charge in [0.25, 0.3) is 11.8 Å². The van der Waals surface area contributed by atoms with Crippen molar-refractivity contribution in [1.29, 1.82) is 0 Å². The van der Waals surface area contributed by atoms with Crippen molar-refractivity contribution in [2.75, 3.05) is 6.54 Å². The second-order valence-corrected chi connectivity index (χ2v) is 9.03. The van der Waals surface area contributed by atoms with Crippen molar-refractivity contribution >= 4 is 68.4 Å². The fraction of sp³-hybridized carbons (Fsp3) is 0.0435. The molecular formula is C23H16ClN3O4S2. The third-order valence-electron chi connectivity index (χ3n) is 4.37. The lowest BCUT2D eigenvalue weighted by atomic mass is 10.2. The first kappa shape index (κ1) is 22.7. The van der Waals surface area contributed by atoms with Gasteiger partial charge in [-0.1, -0.05) is 35.9 Å². The van der Waals surface area contributed by atoms with E-state index >= 15 is 0 Å². The molecule has 0 saturated carbocycles. The van der Waals surface area contributed by atoms with Crippen LogP contribution >= 0.6 is 34.3 Å². The summed E-state index contributed by atoms with van der Waals surface area (Å²) in [4.78, 5) is 37.2. The van der Waals surface area contributed by atoms with E-state index in [0.717, 1.165) is 10.1 Å². The van der Waals surface area contributed by atoms with Gasteiger partial charge in [-0.25, -0.2) is 10.2 Å². The van der Waals surface area contributed by atoms with E-state index in [1.165, 1.54) is 28.9 Å². The summed E-state index contributed by atoms with van der Waals surface area (Å²) in [5, 5.41) is 9.38. The minimum Gasteiger partial charge on any atom is -0.422 e. The number of nitrogens with one attached hydrogen (secondary N) is 2. The Hall–Kier alpha value is -3.53. The number of halogens is 1. The molecule has 2 aromatic carbocycles. The largest absolute Gasteiger partial charge is 0.422 e. The predicted octanol–water partition coefficient (Wildman–Crippen LogP) is 4.72. The average molecular weight is 498 g/mol. The molecule has 0 radical (unpaired) electrons. The first-order valence-electron chi connectivity index (χ1n) is 9.64. The maximum Gasteiger partial charge on any atom is 0.353 e.